The first-order valence-electron chi connectivity index (χ1n) is 4.59. The third-order valence-electron chi connectivity index (χ3n) is 2.03. The molecule has 17 heavy (non-hydrogen) atoms. The van der Waals surface area contributed by atoms with Crippen molar-refractivity contribution >= 4 is 37.3 Å². The van der Waals surface area contributed by atoms with Gasteiger partial charge in [0.05, 0.1) is 15.2 Å². The molecule has 2 rings (SSSR count). The number of nitrogens with one attached hydrogen (secondary N) is 2. The molecule has 0 aliphatic carbocycles. The van der Waals surface area contributed by atoms with Crippen LogP contribution in [0, 0.1) is 6.92 Å². The summed E-state index contributed by atoms with van der Waals surface area (Å²) in [7, 11) is -3.50. The average Bonchev–Trinajstić information content (AvgIpc) is 2.85. The molecule has 0 bridgehead atoms. The molecule has 92 valence electrons. The van der Waals surface area contributed by atoms with Crippen molar-refractivity contribution in [3.05, 3.63) is 26.9 Å². The maximum atomic E-state index is 12.0. The second-order valence-corrected chi connectivity index (χ2v) is 7.60. The Hall–Kier alpha value is -0.770. The summed E-state index contributed by atoms with van der Waals surface area (Å²) in [5, 5.41) is 6.23. The monoisotopic (exact) mass is 336 g/mol. The summed E-state index contributed by atoms with van der Waals surface area (Å²) in [5.41, 5.74) is 0. The van der Waals surface area contributed by atoms with Crippen LogP contribution in [0.4, 0.5) is 0 Å². The third kappa shape index (κ3) is 2.92. The van der Waals surface area contributed by atoms with Crippen LogP contribution >= 0.6 is 27.3 Å². The lowest BCUT2D eigenvalue weighted by Gasteiger charge is -2.03. The molecule has 0 aromatic carbocycles. The van der Waals surface area contributed by atoms with Crippen LogP contribution < -0.4 is 4.72 Å². The van der Waals surface area contributed by atoms with E-state index in [1.165, 1.54) is 17.7 Å². The summed E-state index contributed by atoms with van der Waals surface area (Å²) in [4.78, 5) is 4.86. The minimum absolute atomic E-state index is 0.0925. The second-order valence-electron chi connectivity index (χ2n) is 3.23. The molecular formula is C8H9BrN4O2S2. The van der Waals surface area contributed by atoms with Crippen molar-refractivity contribution in [3.63, 3.8) is 0 Å². The molecule has 6 nitrogen and oxygen atoms in total. The smallest absolute Gasteiger partial charge is 0.242 e. The van der Waals surface area contributed by atoms with Gasteiger partial charge in [0.1, 0.15) is 12.2 Å². The predicted octanol–water partition coefficient (Wildman–Crippen LogP) is 1.42. The summed E-state index contributed by atoms with van der Waals surface area (Å²) >= 11 is 4.64. The van der Waals surface area contributed by atoms with E-state index in [0.717, 1.165) is 8.66 Å². The number of hydrogen-bond acceptors (Lipinski definition) is 5. The Morgan fingerprint density at radius 1 is 1.59 bits per heavy atom. The van der Waals surface area contributed by atoms with E-state index in [9.17, 15) is 8.42 Å². The summed E-state index contributed by atoms with van der Waals surface area (Å²) < 4.78 is 27.2. The first kappa shape index (κ1) is 12.7. The van der Waals surface area contributed by atoms with Gasteiger partial charge < -0.3 is 0 Å². The van der Waals surface area contributed by atoms with Gasteiger partial charge in [0.15, 0.2) is 0 Å². The highest BCUT2D eigenvalue weighted by Crippen LogP contribution is 2.29. The Morgan fingerprint density at radius 2 is 2.35 bits per heavy atom. The number of nitrogens with zero attached hydrogens (tertiary/aromatic N) is 2. The van der Waals surface area contributed by atoms with Crippen LogP contribution in [0.25, 0.3) is 0 Å². The van der Waals surface area contributed by atoms with Crippen LogP contribution in [0.3, 0.4) is 0 Å². The molecule has 2 N–H and O–H groups in total. The van der Waals surface area contributed by atoms with Gasteiger partial charge in [-0.2, -0.15) is 5.10 Å². The van der Waals surface area contributed by atoms with E-state index in [2.05, 4.69) is 35.8 Å². The fraction of sp³-hybridized carbons (Fsp3) is 0.250. The molecule has 0 unspecified atom stereocenters. The van der Waals surface area contributed by atoms with Gasteiger partial charge in [-0.25, -0.2) is 18.1 Å². The molecule has 0 saturated heterocycles. The summed E-state index contributed by atoms with van der Waals surface area (Å²) in [6.07, 6.45) is 1.33. The molecule has 0 spiro atoms. The van der Waals surface area contributed by atoms with Crippen molar-refractivity contribution in [3.8, 4) is 0 Å². The molecule has 2 aromatic heterocycles. The SMILES string of the molecule is Cc1sc(Br)cc1S(=O)(=O)NCc1ncn[nH]1. The Labute approximate surface area is 111 Å². The quantitative estimate of drug-likeness (QED) is 0.883. The van der Waals surface area contributed by atoms with Gasteiger partial charge in [-0.1, -0.05) is 0 Å². The summed E-state index contributed by atoms with van der Waals surface area (Å²) in [5.74, 6) is 0.473. The lowest BCUT2D eigenvalue weighted by atomic mass is 10.5. The Bertz CT molecular complexity index is 606. The van der Waals surface area contributed by atoms with Crippen molar-refractivity contribution in [2.75, 3.05) is 0 Å². The van der Waals surface area contributed by atoms with E-state index in [1.54, 1.807) is 13.0 Å². The molecule has 9 heteroatoms. The topological polar surface area (TPSA) is 87.7 Å². The second kappa shape index (κ2) is 4.84. The summed E-state index contributed by atoms with van der Waals surface area (Å²) in [6, 6.07) is 1.59. The first-order chi connectivity index (χ1) is 7.99. The Morgan fingerprint density at radius 3 is 2.88 bits per heavy atom. The maximum Gasteiger partial charge on any atom is 0.242 e. The number of hydrogen-bond donors (Lipinski definition) is 2. The fourth-order valence-electron chi connectivity index (χ4n) is 1.25. The molecule has 0 aliphatic rings. The van der Waals surface area contributed by atoms with Crippen molar-refractivity contribution in [1.82, 2.24) is 19.9 Å². The third-order valence-corrected chi connectivity index (χ3v) is 5.24. The minimum atomic E-state index is -3.50. The Balaban J connectivity index is 2.17. The van der Waals surface area contributed by atoms with E-state index in [0.29, 0.717) is 5.82 Å². The molecular weight excluding hydrogens is 328 g/mol. The van der Waals surface area contributed by atoms with Crippen LogP contribution in [0.5, 0.6) is 0 Å². The van der Waals surface area contributed by atoms with Crippen molar-refractivity contribution < 1.29 is 8.42 Å². The molecule has 0 fully saturated rings. The van der Waals surface area contributed by atoms with Gasteiger partial charge in [0, 0.05) is 4.88 Å². The molecule has 0 aliphatic heterocycles. The van der Waals surface area contributed by atoms with Gasteiger partial charge in [-0.05, 0) is 28.9 Å². The molecule has 0 amide bonds. The maximum absolute atomic E-state index is 12.0. The molecule has 0 atom stereocenters. The number of rotatable bonds is 4. The zero-order valence-electron chi connectivity index (χ0n) is 8.77. The molecule has 0 saturated carbocycles. The number of sulfonamides is 1. The normalized spacial score (nSPS) is 11.9. The fourth-order valence-corrected chi connectivity index (χ4v) is 4.65. The largest absolute Gasteiger partial charge is 0.262 e. The van der Waals surface area contributed by atoms with Crippen LogP contribution in [0.15, 0.2) is 21.1 Å². The number of thiophene rings is 1. The average molecular weight is 337 g/mol. The molecule has 2 heterocycles. The van der Waals surface area contributed by atoms with E-state index < -0.39 is 10.0 Å². The number of H-pyrrole nitrogens is 1. The number of aromatic nitrogens is 3. The van der Waals surface area contributed by atoms with Crippen LogP contribution in [-0.2, 0) is 16.6 Å². The van der Waals surface area contributed by atoms with Gasteiger partial charge >= 0.3 is 0 Å². The predicted molar refractivity (Wildman–Crippen MR) is 67.2 cm³/mol. The lowest BCUT2D eigenvalue weighted by molar-refractivity contribution is 0.579. The minimum Gasteiger partial charge on any atom is -0.262 e. The van der Waals surface area contributed by atoms with Gasteiger partial charge in [-0.3, -0.25) is 5.10 Å². The molecule has 2 aromatic rings. The highest BCUT2D eigenvalue weighted by molar-refractivity contribution is 9.11. The standard InChI is InChI=1S/C8H9BrN4O2S2/c1-5-6(2-7(9)16-5)17(14,15)12-3-8-10-4-11-13-8/h2,4,12H,3H2,1H3,(H,10,11,13). The van der Waals surface area contributed by atoms with Crippen molar-refractivity contribution in [2.45, 2.75) is 18.4 Å². The van der Waals surface area contributed by atoms with Crippen molar-refractivity contribution in [1.29, 1.82) is 0 Å². The molecule has 0 radical (unpaired) electrons. The highest BCUT2D eigenvalue weighted by atomic mass is 79.9. The number of aromatic amines is 1. The van der Waals surface area contributed by atoms with Gasteiger partial charge in [0.25, 0.3) is 0 Å². The van der Waals surface area contributed by atoms with Crippen molar-refractivity contribution in [2.24, 2.45) is 0 Å². The summed E-state index contributed by atoms with van der Waals surface area (Å²) in [6.45, 7) is 1.85. The van der Waals surface area contributed by atoms with Crippen LogP contribution in [0.1, 0.15) is 10.7 Å². The Kier molecular flexibility index (Phi) is 3.61. The van der Waals surface area contributed by atoms with Crippen LogP contribution in [0.2, 0.25) is 0 Å². The first-order valence-corrected chi connectivity index (χ1v) is 7.68. The van der Waals surface area contributed by atoms with E-state index in [1.807, 2.05) is 0 Å². The number of halogens is 1. The zero-order chi connectivity index (χ0) is 12.5. The number of aryl methyl sites for hydroxylation is 1. The van der Waals surface area contributed by atoms with Crippen LogP contribution in [-0.4, -0.2) is 23.6 Å². The van der Waals surface area contributed by atoms with Gasteiger partial charge in [0.2, 0.25) is 10.0 Å². The highest BCUT2D eigenvalue weighted by Gasteiger charge is 2.19. The van der Waals surface area contributed by atoms with E-state index in [-0.39, 0.29) is 11.4 Å². The van der Waals surface area contributed by atoms with E-state index in [4.69, 9.17) is 0 Å². The zero-order valence-corrected chi connectivity index (χ0v) is 12.0. The van der Waals surface area contributed by atoms with E-state index >= 15 is 0 Å². The lowest BCUT2D eigenvalue weighted by Crippen LogP contribution is -2.24. The van der Waals surface area contributed by atoms with Gasteiger partial charge in [-0.15, -0.1) is 11.3 Å².